The first kappa shape index (κ1) is 16.5. The Hall–Kier alpha value is -1.87. The molecular formula is C13H17N3O4S2. The molecule has 0 saturated heterocycles. The zero-order chi connectivity index (χ0) is 16.3. The van der Waals surface area contributed by atoms with E-state index < -0.39 is 10.0 Å². The number of benzene rings is 1. The lowest BCUT2D eigenvalue weighted by Gasteiger charge is -2.10. The topological polar surface area (TPSA) is 90.4 Å². The van der Waals surface area contributed by atoms with Crippen LogP contribution in [0.2, 0.25) is 0 Å². The molecule has 1 heterocycles. The van der Waals surface area contributed by atoms with E-state index in [-0.39, 0.29) is 15.9 Å². The number of hydrogen-bond acceptors (Lipinski definition) is 7. The van der Waals surface area contributed by atoms with Crippen LogP contribution in [-0.2, 0) is 10.0 Å². The third-order valence-electron chi connectivity index (χ3n) is 2.85. The van der Waals surface area contributed by atoms with Crippen molar-refractivity contribution in [2.24, 2.45) is 0 Å². The van der Waals surface area contributed by atoms with Crippen LogP contribution in [0, 0.1) is 0 Å². The minimum atomic E-state index is -3.76. The van der Waals surface area contributed by atoms with Gasteiger partial charge in [-0.05, 0) is 12.1 Å². The number of aromatic nitrogens is 2. The van der Waals surface area contributed by atoms with Gasteiger partial charge in [-0.3, -0.25) is 4.72 Å². The molecule has 0 amide bonds. The van der Waals surface area contributed by atoms with Gasteiger partial charge < -0.3 is 9.47 Å². The summed E-state index contributed by atoms with van der Waals surface area (Å²) in [5.74, 6) is 1.54. The van der Waals surface area contributed by atoms with Gasteiger partial charge in [0.2, 0.25) is 5.13 Å². The van der Waals surface area contributed by atoms with Crippen molar-refractivity contribution >= 4 is 26.7 Å². The lowest BCUT2D eigenvalue weighted by molar-refractivity contribution is 0.354. The molecule has 9 heteroatoms. The lowest BCUT2D eigenvalue weighted by Crippen LogP contribution is -2.13. The van der Waals surface area contributed by atoms with E-state index in [0.717, 1.165) is 11.5 Å². The Bertz CT molecular complexity index is 756. The standard InChI is InChI=1S/C13H17N3O4S2/c1-8(2)12-14-13(21-15-12)16-22(17,18)9-5-6-10(19-3)11(7-9)20-4/h5-8H,1-4H3,(H,14,15,16). The number of methoxy groups -OCH3 is 2. The molecule has 120 valence electrons. The smallest absolute Gasteiger partial charge is 0.263 e. The maximum absolute atomic E-state index is 12.4. The number of sulfonamides is 1. The normalized spacial score (nSPS) is 11.5. The van der Waals surface area contributed by atoms with Gasteiger partial charge >= 0.3 is 0 Å². The van der Waals surface area contributed by atoms with E-state index in [4.69, 9.17) is 9.47 Å². The zero-order valence-corrected chi connectivity index (χ0v) is 14.3. The average Bonchev–Trinajstić information content (AvgIpc) is 2.94. The van der Waals surface area contributed by atoms with E-state index in [1.165, 1.54) is 32.4 Å². The summed E-state index contributed by atoms with van der Waals surface area (Å²) >= 11 is 1.01. The molecule has 0 spiro atoms. The molecule has 0 radical (unpaired) electrons. The van der Waals surface area contributed by atoms with E-state index in [1.54, 1.807) is 0 Å². The Kier molecular flexibility index (Phi) is 4.87. The largest absolute Gasteiger partial charge is 0.493 e. The van der Waals surface area contributed by atoms with Crippen LogP contribution in [0.4, 0.5) is 5.13 Å². The highest BCUT2D eigenvalue weighted by Gasteiger charge is 2.19. The lowest BCUT2D eigenvalue weighted by atomic mass is 10.2. The Labute approximate surface area is 133 Å². The van der Waals surface area contributed by atoms with E-state index in [9.17, 15) is 8.42 Å². The average molecular weight is 343 g/mol. The van der Waals surface area contributed by atoms with Gasteiger partial charge in [0.05, 0.1) is 19.1 Å². The molecular weight excluding hydrogens is 326 g/mol. The van der Waals surface area contributed by atoms with Gasteiger partial charge in [0.15, 0.2) is 11.5 Å². The number of nitrogens with zero attached hydrogens (tertiary/aromatic N) is 2. The summed E-state index contributed by atoms with van der Waals surface area (Å²) in [5, 5.41) is 0.235. The molecule has 0 bridgehead atoms. The van der Waals surface area contributed by atoms with E-state index in [1.807, 2.05) is 13.8 Å². The van der Waals surface area contributed by atoms with Crippen LogP contribution in [-0.4, -0.2) is 32.0 Å². The van der Waals surface area contributed by atoms with Crippen LogP contribution in [0.3, 0.4) is 0 Å². The quantitative estimate of drug-likeness (QED) is 0.866. The minimum absolute atomic E-state index is 0.0615. The number of hydrogen-bond donors (Lipinski definition) is 1. The first-order valence-corrected chi connectivity index (χ1v) is 8.71. The Morgan fingerprint density at radius 1 is 1.18 bits per heavy atom. The van der Waals surface area contributed by atoms with Crippen molar-refractivity contribution in [1.29, 1.82) is 0 Å². The van der Waals surface area contributed by atoms with Crippen LogP contribution in [0.1, 0.15) is 25.6 Å². The van der Waals surface area contributed by atoms with Gasteiger partial charge in [0.25, 0.3) is 10.0 Å². The van der Waals surface area contributed by atoms with Crippen LogP contribution in [0.25, 0.3) is 0 Å². The Morgan fingerprint density at radius 3 is 2.41 bits per heavy atom. The maximum atomic E-state index is 12.4. The number of anilines is 1. The van der Waals surface area contributed by atoms with Gasteiger partial charge in [-0.15, -0.1) is 0 Å². The summed E-state index contributed by atoms with van der Waals surface area (Å²) in [6.45, 7) is 3.88. The number of ether oxygens (including phenoxy) is 2. The van der Waals surface area contributed by atoms with Gasteiger partial charge in [0.1, 0.15) is 5.82 Å². The zero-order valence-electron chi connectivity index (χ0n) is 12.7. The molecule has 0 unspecified atom stereocenters. The van der Waals surface area contributed by atoms with Crippen molar-refractivity contribution < 1.29 is 17.9 Å². The van der Waals surface area contributed by atoms with Gasteiger partial charge in [0, 0.05) is 23.5 Å². The molecule has 1 aromatic carbocycles. The van der Waals surface area contributed by atoms with E-state index in [0.29, 0.717) is 17.3 Å². The summed E-state index contributed by atoms with van der Waals surface area (Å²) in [7, 11) is -0.830. The highest BCUT2D eigenvalue weighted by Crippen LogP contribution is 2.30. The SMILES string of the molecule is COc1ccc(S(=O)(=O)Nc2nc(C(C)C)ns2)cc1OC. The van der Waals surface area contributed by atoms with Gasteiger partial charge in [-0.25, -0.2) is 13.4 Å². The molecule has 0 aliphatic carbocycles. The molecule has 2 rings (SSSR count). The number of rotatable bonds is 6. The van der Waals surface area contributed by atoms with Crippen molar-refractivity contribution in [2.75, 3.05) is 18.9 Å². The molecule has 0 aliphatic rings. The molecule has 0 atom stereocenters. The summed E-state index contributed by atoms with van der Waals surface area (Å²) in [4.78, 5) is 4.22. The summed E-state index contributed by atoms with van der Waals surface area (Å²) in [6.07, 6.45) is 0. The predicted molar refractivity (Wildman–Crippen MR) is 84.4 cm³/mol. The van der Waals surface area contributed by atoms with E-state index in [2.05, 4.69) is 14.1 Å². The fraction of sp³-hybridized carbons (Fsp3) is 0.385. The van der Waals surface area contributed by atoms with Crippen LogP contribution in [0.15, 0.2) is 23.1 Å². The van der Waals surface area contributed by atoms with Crippen LogP contribution in [0.5, 0.6) is 11.5 Å². The van der Waals surface area contributed by atoms with Crippen molar-refractivity contribution in [3.05, 3.63) is 24.0 Å². The first-order valence-electron chi connectivity index (χ1n) is 6.46. The van der Waals surface area contributed by atoms with Crippen LogP contribution < -0.4 is 14.2 Å². The second-order valence-electron chi connectivity index (χ2n) is 4.73. The second-order valence-corrected chi connectivity index (χ2v) is 7.17. The highest BCUT2D eigenvalue weighted by molar-refractivity contribution is 7.93. The second kappa shape index (κ2) is 6.49. The molecule has 0 aliphatic heterocycles. The van der Waals surface area contributed by atoms with Crippen molar-refractivity contribution in [3.63, 3.8) is 0 Å². The number of nitrogens with one attached hydrogen (secondary N) is 1. The molecule has 7 nitrogen and oxygen atoms in total. The summed E-state index contributed by atoms with van der Waals surface area (Å²) in [5.41, 5.74) is 0. The fourth-order valence-electron chi connectivity index (χ4n) is 1.67. The molecule has 0 fully saturated rings. The van der Waals surface area contributed by atoms with Gasteiger partial charge in [-0.1, -0.05) is 13.8 Å². The van der Waals surface area contributed by atoms with Gasteiger partial charge in [-0.2, -0.15) is 4.37 Å². The van der Waals surface area contributed by atoms with Crippen molar-refractivity contribution in [2.45, 2.75) is 24.7 Å². The summed E-state index contributed by atoms with van der Waals surface area (Å²) < 4.78 is 41.5. The van der Waals surface area contributed by atoms with Crippen molar-refractivity contribution in [3.8, 4) is 11.5 Å². The molecule has 22 heavy (non-hydrogen) atoms. The van der Waals surface area contributed by atoms with E-state index >= 15 is 0 Å². The van der Waals surface area contributed by atoms with Crippen LogP contribution >= 0.6 is 11.5 Å². The monoisotopic (exact) mass is 343 g/mol. The summed E-state index contributed by atoms with van der Waals surface area (Å²) in [6, 6.07) is 4.37. The fourth-order valence-corrected chi connectivity index (χ4v) is 3.62. The predicted octanol–water partition coefficient (Wildman–Crippen LogP) is 2.48. The molecule has 2 aromatic rings. The Morgan fingerprint density at radius 2 is 1.86 bits per heavy atom. The molecule has 1 aromatic heterocycles. The Balaban J connectivity index is 2.29. The first-order chi connectivity index (χ1) is 10.4. The third kappa shape index (κ3) is 3.47. The molecule has 0 saturated carbocycles. The van der Waals surface area contributed by atoms with Crippen molar-refractivity contribution in [1.82, 2.24) is 9.36 Å². The third-order valence-corrected chi connectivity index (χ3v) is 4.96. The molecule has 1 N–H and O–H groups in total. The maximum Gasteiger partial charge on any atom is 0.263 e. The minimum Gasteiger partial charge on any atom is -0.493 e. The highest BCUT2D eigenvalue weighted by atomic mass is 32.2.